The van der Waals surface area contributed by atoms with Crippen LogP contribution in [-0.2, 0) is 4.79 Å². The van der Waals surface area contributed by atoms with Gasteiger partial charge in [0.15, 0.2) is 5.96 Å². The van der Waals surface area contributed by atoms with E-state index >= 15 is 0 Å². The van der Waals surface area contributed by atoms with Crippen LogP contribution in [0.1, 0.15) is 39.0 Å². The van der Waals surface area contributed by atoms with Crippen molar-refractivity contribution in [1.82, 2.24) is 20.0 Å². The largest absolute Gasteiger partial charge is 0.355 e. The Hall–Kier alpha value is -1.30. The molecule has 2 aliphatic heterocycles. The maximum absolute atomic E-state index is 12.3. The quantitative estimate of drug-likeness (QED) is 0.613. The lowest BCUT2D eigenvalue weighted by atomic mass is 9.84. The van der Waals surface area contributed by atoms with Crippen LogP contribution in [0.15, 0.2) is 4.99 Å². The van der Waals surface area contributed by atoms with Crippen LogP contribution in [0.5, 0.6) is 0 Å². The molecule has 2 saturated heterocycles. The third-order valence-corrected chi connectivity index (χ3v) is 6.02. The number of amides is 1. The normalized spacial score (nSPS) is 26.5. The molecule has 0 bridgehead atoms. The van der Waals surface area contributed by atoms with Gasteiger partial charge in [-0.05, 0) is 31.6 Å². The van der Waals surface area contributed by atoms with E-state index in [0.717, 1.165) is 77.1 Å². The Kier molecular flexibility index (Phi) is 6.57. The predicted molar refractivity (Wildman–Crippen MR) is 102 cm³/mol. The van der Waals surface area contributed by atoms with Gasteiger partial charge in [-0.3, -0.25) is 14.7 Å². The molecule has 1 N–H and O–H groups in total. The molecule has 0 aromatic carbocycles. The average molecular weight is 350 g/mol. The molecule has 142 valence electrons. The number of hydrogen-bond acceptors (Lipinski definition) is 3. The number of nitrogens with zero attached hydrogens (tertiary/aromatic N) is 4. The topological polar surface area (TPSA) is 51.2 Å². The van der Waals surface area contributed by atoms with Crippen LogP contribution in [0.25, 0.3) is 0 Å². The number of nitrogens with one attached hydrogen (secondary N) is 1. The average Bonchev–Trinajstić information content (AvgIpc) is 2.58. The zero-order valence-electron chi connectivity index (χ0n) is 16.0. The Labute approximate surface area is 152 Å². The van der Waals surface area contributed by atoms with E-state index in [9.17, 15) is 4.79 Å². The van der Waals surface area contributed by atoms with Crippen LogP contribution < -0.4 is 5.32 Å². The van der Waals surface area contributed by atoms with Gasteiger partial charge in [0.05, 0.1) is 0 Å². The maximum Gasteiger partial charge on any atom is 0.225 e. The number of piperidine rings is 1. The molecule has 3 aliphatic rings. The predicted octanol–water partition coefficient (Wildman–Crippen LogP) is 1.24. The van der Waals surface area contributed by atoms with Crippen molar-refractivity contribution >= 4 is 11.9 Å². The zero-order valence-corrected chi connectivity index (χ0v) is 16.0. The van der Waals surface area contributed by atoms with Crippen molar-refractivity contribution < 1.29 is 4.79 Å². The molecule has 0 spiro atoms. The van der Waals surface area contributed by atoms with Gasteiger partial charge in [-0.2, -0.15) is 0 Å². The van der Waals surface area contributed by atoms with Crippen molar-refractivity contribution in [1.29, 1.82) is 0 Å². The Morgan fingerprint density at radius 3 is 2.40 bits per heavy atom. The number of rotatable bonds is 4. The second-order valence-electron chi connectivity index (χ2n) is 7.96. The lowest BCUT2D eigenvalue weighted by molar-refractivity contribution is -0.139. The molecule has 1 saturated carbocycles. The Balaban J connectivity index is 1.34. The molecule has 1 atom stereocenters. The molecule has 6 heteroatoms. The van der Waals surface area contributed by atoms with Gasteiger partial charge in [0.2, 0.25) is 5.91 Å². The van der Waals surface area contributed by atoms with Crippen LogP contribution >= 0.6 is 0 Å². The molecule has 0 aromatic rings. The number of aliphatic imine (C=N–C) groups is 1. The molecule has 1 amide bonds. The van der Waals surface area contributed by atoms with Crippen molar-refractivity contribution in [3.05, 3.63) is 0 Å². The summed E-state index contributed by atoms with van der Waals surface area (Å²) in [6, 6.07) is 0. The highest BCUT2D eigenvalue weighted by molar-refractivity contribution is 5.80. The lowest BCUT2D eigenvalue weighted by Crippen LogP contribution is -2.53. The zero-order chi connectivity index (χ0) is 17.6. The smallest absolute Gasteiger partial charge is 0.225 e. The van der Waals surface area contributed by atoms with Crippen molar-refractivity contribution in [2.24, 2.45) is 16.8 Å². The van der Waals surface area contributed by atoms with E-state index in [1.54, 1.807) is 0 Å². The highest BCUT2D eigenvalue weighted by Crippen LogP contribution is 2.28. The Morgan fingerprint density at radius 1 is 1.04 bits per heavy atom. The highest BCUT2D eigenvalue weighted by atomic mass is 16.2. The van der Waals surface area contributed by atoms with Gasteiger partial charge in [0, 0.05) is 65.3 Å². The fourth-order valence-corrected chi connectivity index (χ4v) is 4.15. The first-order valence-corrected chi connectivity index (χ1v) is 10.1. The number of carbonyl (C=O) groups is 1. The Morgan fingerprint density at radius 2 is 1.80 bits per heavy atom. The summed E-state index contributed by atoms with van der Waals surface area (Å²) in [6.45, 7) is 10.3. The second kappa shape index (κ2) is 8.88. The van der Waals surface area contributed by atoms with Gasteiger partial charge in [0.25, 0.3) is 0 Å². The van der Waals surface area contributed by atoms with Gasteiger partial charge in [0.1, 0.15) is 0 Å². The van der Waals surface area contributed by atoms with Crippen molar-refractivity contribution in [2.45, 2.75) is 39.0 Å². The first-order chi connectivity index (χ1) is 12.2. The first kappa shape index (κ1) is 18.5. The summed E-state index contributed by atoms with van der Waals surface area (Å²) >= 11 is 0. The molecule has 1 unspecified atom stereocenters. The van der Waals surface area contributed by atoms with Crippen molar-refractivity contribution in [3.63, 3.8) is 0 Å². The molecular formula is C19H35N5O. The molecule has 0 radical (unpaired) electrons. The summed E-state index contributed by atoms with van der Waals surface area (Å²) in [5, 5.41) is 3.53. The number of carbonyl (C=O) groups excluding carboxylic acids is 1. The molecule has 2 heterocycles. The Bertz CT molecular complexity index is 468. The lowest BCUT2D eigenvalue weighted by Gasteiger charge is -2.38. The van der Waals surface area contributed by atoms with Crippen LogP contribution in [0, 0.1) is 11.8 Å². The van der Waals surface area contributed by atoms with Crippen LogP contribution in [0.3, 0.4) is 0 Å². The number of hydrogen-bond donors (Lipinski definition) is 1. The molecular weight excluding hydrogens is 314 g/mol. The van der Waals surface area contributed by atoms with Crippen molar-refractivity contribution in [2.75, 3.05) is 59.4 Å². The van der Waals surface area contributed by atoms with E-state index in [1.165, 1.54) is 19.3 Å². The van der Waals surface area contributed by atoms with Gasteiger partial charge in [-0.1, -0.05) is 13.3 Å². The summed E-state index contributed by atoms with van der Waals surface area (Å²) in [4.78, 5) is 23.7. The minimum Gasteiger partial charge on any atom is -0.355 e. The molecule has 1 aliphatic carbocycles. The van der Waals surface area contributed by atoms with E-state index in [2.05, 4.69) is 31.9 Å². The van der Waals surface area contributed by atoms with Crippen LogP contribution in [0.4, 0.5) is 0 Å². The number of guanidine groups is 1. The third kappa shape index (κ3) is 4.87. The highest BCUT2D eigenvalue weighted by Gasteiger charge is 2.31. The SMILES string of the molecule is CN=C(NCCN1CCN(C(=O)C2CCC2)CC1)N1CCCC(C)C1. The summed E-state index contributed by atoms with van der Waals surface area (Å²) < 4.78 is 0. The summed E-state index contributed by atoms with van der Waals surface area (Å²) in [5.74, 6) is 2.55. The molecule has 3 fully saturated rings. The molecule has 3 rings (SSSR count). The standard InChI is InChI=1S/C19H35N5O/c1-16-5-4-9-24(15-16)19(20-2)21-8-10-22-11-13-23(14-12-22)18(25)17-6-3-7-17/h16-17H,3-15H2,1-2H3,(H,20,21). The maximum atomic E-state index is 12.3. The van der Waals surface area contributed by atoms with Gasteiger partial charge >= 0.3 is 0 Å². The van der Waals surface area contributed by atoms with Crippen LogP contribution in [0.2, 0.25) is 0 Å². The monoisotopic (exact) mass is 349 g/mol. The second-order valence-corrected chi connectivity index (χ2v) is 7.96. The first-order valence-electron chi connectivity index (χ1n) is 10.1. The number of piperazine rings is 1. The van der Waals surface area contributed by atoms with E-state index < -0.39 is 0 Å². The minimum atomic E-state index is 0.337. The minimum absolute atomic E-state index is 0.337. The number of likely N-dealkylation sites (tertiary alicyclic amines) is 1. The molecule has 25 heavy (non-hydrogen) atoms. The summed E-state index contributed by atoms with van der Waals surface area (Å²) in [5.41, 5.74) is 0. The van der Waals surface area contributed by atoms with E-state index in [1.807, 2.05) is 7.05 Å². The summed E-state index contributed by atoms with van der Waals surface area (Å²) in [7, 11) is 1.88. The summed E-state index contributed by atoms with van der Waals surface area (Å²) in [6.07, 6.45) is 6.05. The van der Waals surface area contributed by atoms with Gasteiger partial charge in [-0.25, -0.2) is 0 Å². The fraction of sp³-hybridized carbons (Fsp3) is 0.895. The van der Waals surface area contributed by atoms with Crippen molar-refractivity contribution in [3.8, 4) is 0 Å². The van der Waals surface area contributed by atoms with Crippen LogP contribution in [-0.4, -0.2) is 86.0 Å². The van der Waals surface area contributed by atoms with E-state index in [-0.39, 0.29) is 0 Å². The molecule has 6 nitrogen and oxygen atoms in total. The third-order valence-electron chi connectivity index (χ3n) is 6.02. The fourth-order valence-electron chi connectivity index (χ4n) is 4.15. The molecule has 0 aromatic heterocycles. The van der Waals surface area contributed by atoms with Gasteiger partial charge in [-0.15, -0.1) is 0 Å². The van der Waals surface area contributed by atoms with E-state index in [0.29, 0.717) is 11.8 Å². The van der Waals surface area contributed by atoms with E-state index in [4.69, 9.17) is 0 Å². The van der Waals surface area contributed by atoms with Gasteiger partial charge < -0.3 is 15.1 Å².